The minimum absolute atomic E-state index is 0.0717. The number of unbranched alkanes of at least 4 members (excludes halogenated alkanes) is 1. The van der Waals surface area contributed by atoms with Gasteiger partial charge in [-0.2, -0.15) is 4.58 Å². The van der Waals surface area contributed by atoms with E-state index in [0.717, 1.165) is 59.3 Å². The number of aliphatic hydroxyl groups is 1. The third kappa shape index (κ3) is 5.16. The van der Waals surface area contributed by atoms with Crippen LogP contribution in [-0.2, 0) is 17.3 Å². The molecule has 1 unspecified atom stereocenters. The monoisotopic (exact) mass is 595 g/mol. The average Bonchev–Trinajstić information content (AvgIpc) is 3.76. The molecule has 1 atom stereocenters. The summed E-state index contributed by atoms with van der Waals surface area (Å²) in [7, 11) is 1.97. The molecule has 2 aliphatic carbocycles. The summed E-state index contributed by atoms with van der Waals surface area (Å²) in [4.78, 5) is 13.8. The van der Waals surface area contributed by atoms with E-state index in [0.29, 0.717) is 30.2 Å². The van der Waals surface area contributed by atoms with Crippen LogP contribution >= 0.6 is 0 Å². The van der Waals surface area contributed by atoms with Crippen LogP contribution < -0.4 is 4.74 Å². The highest BCUT2D eigenvalue weighted by Gasteiger charge is 2.49. The van der Waals surface area contributed by atoms with Gasteiger partial charge in [0, 0.05) is 47.4 Å². The minimum atomic E-state index is -0.326. The Kier molecular flexibility index (Phi) is 7.62. The Morgan fingerprint density at radius 2 is 1.69 bits per heavy atom. The number of carbonyl (C=O) groups is 1. The molecule has 0 radical (unpaired) electrons. The van der Waals surface area contributed by atoms with E-state index < -0.39 is 0 Å². The molecule has 0 saturated carbocycles. The van der Waals surface area contributed by atoms with Crippen LogP contribution in [0.2, 0.25) is 0 Å². The van der Waals surface area contributed by atoms with Crippen molar-refractivity contribution < 1.29 is 19.2 Å². The Morgan fingerprint density at radius 3 is 2.49 bits per heavy atom. The van der Waals surface area contributed by atoms with E-state index in [1.165, 1.54) is 5.56 Å². The number of benzene rings is 3. The molecule has 5 nitrogen and oxygen atoms in total. The number of ketones is 1. The standard InChI is InChI=1S/C40H38N2O3/c1-40(23-13-12-16-28-14-6-7-15-28)33-20-9-11-22-35(33)42(24-25-45-29-17-4-3-5-18-29)36(40)26-31-38(43)37(39(31)44)32-27-41(2)34-21-10-8-19-30(32)34/h3-11,14-15,17-22,26-28H,12-13,16,23-25H2,1-2H3/p+1. The Hall–Kier alpha value is -4.90. The number of Topliss-reactive ketones (excluding diaryl/α,β-unsaturated/α-hetero) is 1. The lowest BCUT2D eigenvalue weighted by Gasteiger charge is -2.25. The van der Waals surface area contributed by atoms with Gasteiger partial charge in [-0.1, -0.05) is 91.7 Å². The van der Waals surface area contributed by atoms with E-state index in [-0.39, 0.29) is 17.0 Å². The molecule has 7 rings (SSSR count). The summed E-state index contributed by atoms with van der Waals surface area (Å²) in [5.74, 6) is 1.31. The minimum Gasteiger partial charge on any atom is -0.506 e. The number of para-hydroxylation sites is 3. The summed E-state index contributed by atoms with van der Waals surface area (Å²) >= 11 is 0. The number of fused-ring (bicyclic) bond motifs is 2. The molecule has 1 N–H and O–H groups in total. The van der Waals surface area contributed by atoms with Crippen molar-refractivity contribution >= 4 is 33.7 Å². The van der Waals surface area contributed by atoms with Crippen LogP contribution in [0.4, 0.5) is 5.69 Å². The van der Waals surface area contributed by atoms with Gasteiger partial charge in [0.05, 0.1) is 16.6 Å². The molecule has 4 aromatic rings. The molecule has 2 heterocycles. The zero-order valence-electron chi connectivity index (χ0n) is 25.9. The van der Waals surface area contributed by atoms with Crippen molar-refractivity contribution in [2.75, 3.05) is 13.2 Å². The molecule has 1 aromatic heterocycles. The highest BCUT2D eigenvalue weighted by Crippen LogP contribution is 2.46. The van der Waals surface area contributed by atoms with Crippen LogP contribution in [0.5, 0.6) is 5.75 Å². The van der Waals surface area contributed by atoms with Gasteiger partial charge in [-0.15, -0.1) is 0 Å². The van der Waals surface area contributed by atoms with Crippen LogP contribution in [0.25, 0.3) is 16.5 Å². The molecule has 0 bridgehead atoms. The molecule has 226 valence electrons. The number of rotatable bonds is 11. The SMILES string of the molecule is Cn1cc(C2=C(O)C(=CC3=[N+](CCOc4ccccc4)c4ccccc4C3(C)CCCCC3C=CC=C3)C2=O)c2ccccc21. The Morgan fingerprint density at radius 1 is 0.956 bits per heavy atom. The van der Waals surface area contributed by atoms with Crippen LogP contribution in [-0.4, -0.2) is 38.9 Å². The van der Waals surface area contributed by atoms with Gasteiger partial charge in [0.15, 0.2) is 12.3 Å². The van der Waals surface area contributed by atoms with Crippen LogP contribution in [0.3, 0.4) is 0 Å². The second kappa shape index (κ2) is 11.9. The summed E-state index contributed by atoms with van der Waals surface area (Å²) in [6.07, 6.45) is 17.0. The van der Waals surface area contributed by atoms with Crippen molar-refractivity contribution in [2.24, 2.45) is 13.0 Å². The molecule has 0 amide bonds. The second-order valence-corrected chi connectivity index (χ2v) is 12.5. The Balaban J connectivity index is 1.25. The lowest BCUT2D eigenvalue weighted by molar-refractivity contribution is -0.440. The van der Waals surface area contributed by atoms with Crippen molar-refractivity contribution in [1.29, 1.82) is 0 Å². The Labute approximate surface area is 264 Å². The maximum atomic E-state index is 13.8. The lowest BCUT2D eigenvalue weighted by Crippen LogP contribution is -2.34. The van der Waals surface area contributed by atoms with Crippen LogP contribution in [0, 0.1) is 5.92 Å². The largest absolute Gasteiger partial charge is 0.506 e. The molecular formula is C40H39N2O3+. The van der Waals surface area contributed by atoms with Crippen molar-refractivity contribution in [2.45, 2.75) is 38.0 Å². The van der Waals surface area contributed by atoms with Gasteiger partial charge in [0.2, 0.25) is 11.5 Å². The maximum Gasteiger partial charge on any atom is 0.209 e. The van der Waals surface area contributed by atoms with E-state index in [1.807, 2.05) is 78.5 Å². The van der Waals surface area contributed by atoms with E-state index in [9.17, 15) is 9.90 Å². The van der Waals surface area contributed by atoms with E-state index >= 15 is 0 Å². The number of aliphatic hydroxyl groups excluding tert-OH is 1. The fraction of sp³-hybridized carbons (Fsp3) is 0.250. The first-order valence-corrected chi connectivity index (χ1v) is 16.0. The van der Waals surface area contributed by atoms with E-state index in [4.69, 9.17) is 4.74 Å². The molecular weight excluding hydrogens is 556 g/mol. The number of aromatic nitrogens is 1. The van der Waals surface area contributed by atoms with Gasteiger partial charge in [-0.25, -0.2) is 0 Å². The summed E-state index contributed by atoms with van der Waals surface area (Å²) in [5, 5.41) is 12.4. The molecule has 1 aliphatic heterocycles. The maximum absolute atomic E-state index is 13.8. The molecule has 0 spiro atoms. The topological polar surface area (TPSA) is 54.5 Å². The van der Waals surface area contributed by atoms with Gasteiger partial charge >= 0.3 is 0 Å². The smallest absolute Gasteiger partial charge is 0.209 e. The number of carbonyl (C=O) groups excluding carboxylic acids is 1. The summed E-state index contributed by atoms with van der Waals surface area (Å²) in [6.45, 7) is 3.40. The predicted molar refractivity (Wildman–Crippen MR) is 181 cm³/mol. The highest BCUT2D eigenvalue weighted by atomic mass is 16.5. The third-order valence-corrected chi connectivity index (χ3v) is 9.68. The van der Waals surface area contributed by atoms with E-state index in [2.05, 4.69) is 60.1 Å². The zero-order valence-corrected chi connectivity index (χ0v) is 25.9. The molecule has 5 heteroatoms. The lowest BCUT2D eigenvalue weighted by atomic mass is 9.73. The molecule has 0 fully saturated rings. The average molecular weight is 596 g/mol. The quantitative estimate of drug-likeness (QED) is 0.108. The highest BCUT2D eigenvalue weighted by molar-refractivity contribution is 6.41. The fourth-order valence-corrected chi connectivity index (χ4v) is 7.27. The second-order valence-electron chi connectivity index (χ2n) is 12.5. The molecule has 3 aromatic carbocycles. The number of hydrogen-bond acceptors (Lipinski definition) is 3. The first-order valence-electron chi connectivity index (χ1n) is 16.0. The molecule has 45 heavy (non-hydrogen) atoms. The van der Waals surface area contributed by atoms with Gasteiger partial charge in [0.25, 0.3) is 0 Å². The van der Waals surface area contributed by atoms with Crippen LogP contribution in [0.1, 0.15) is 43.7 Å². The summed E-state index contributed by atoms with van der Waals surface area (Å²) in [6, 6.07) is 26.4. The van der Waals surface area contributed by atoms with Gasteiger partial charge in [-0.3, -0.25) is 4.79 Å². The third-order valence-electron chi connectivity index (χ3n) is 9.68. The van der Waals surface area contributed by atoms with Crippen molar-refractivity contribution in [3.63, 3.8) is 0 Å². The molecule has 3 aliphatic rings. The van der Waals surface area contributed by atoms with Gasteiger partial charge < -0.3 is 14.4 Å². The first kappa shape index (κ1) is 28.8. The van der Waals surface area contributed by atoms with Gasteiger partial charge in [0.1, 0.15) is 18.1 Å². The number of ether oxygens (including phenoxy) is 1. The normalized spacial score (nSPS) is 20.1. The number of nitrogens with zero attached hydrogens (tertiary/aromatic N) is 2. The predicted octanol–water partition coefficient (Wildman–Crippen LogP) is 8.39. The van der Waals surface area contributed by atoms with E-state index in [1.54, 1.807) is 0 Å². The van der Waals surface area contributed by atoms with Crippen molar-refractivity contribution in [1.82, 2.24) is 4.57 Å². The fourth-order valence-electron chi connectivity index (χ4n) is 7.27. The summed E-state index contributed by atoms with van der Waals surface area (Å²) in [5.41, 5.74) is 5.67. The van der Waals surface area contributed by atoms with Crippen molar-refractivity contribution in [3.8, 4) is 5.75 Å². The summed E-state index contributed by atoms with van der Waals surface area (Å²) < 4.78 is 10.4. The number of aryl methyl sites for hydroxylation is 1. The van der Waals surface area contributed by atoms with Crippen LogP contribution in [0.15, 0.2) is 127 Å². The molecule has 0 saturated heterocycles. The van der Waals surface area contributed by atoms with Crippen molar-refractivity contribution in [3.05, 3.63) is 138 Å². The Bertz CT molecular complexity index is 1930. The first-order chi connectivity index (χ1) is 22.0. The van der Waals surface area contributed by atoms with Gasteiger partial charge in [-0.05, 0) is 43.9 Å². The number of hydrogen-bond donors (Lipinski definition) is 1. The number of allylic oxidation sites excluding steroid dienone is 7. The zero-order chi connectivity index (χ0) is 31.0.